The lowest BCUT2D eigenvalue weighted by atomic mass is 10.00. The molecule has 0 saturated carbocycles. The van der Waals surface area contributed by atoms with Gasteiger partial charge in [0.05, 0.1) is 19.8 Å². The second-order valence-corrected chi connectivity index (χ2v) is 13.8. The second kappa shape index (κ2) is 14.8. The van der Waals surface area contributed by atoms with E-state index in [0.29, 0.717) is 25.9 Å². The zero-order chi connectivity index (χ0) is 33.0. The molecule has 3 aliphatic rings. The maximum absolute atomic E-state index is 13.1. The molecule has 8 atom stereocenters. The minimum Gasteiger partial charge on any atom is -0.467 e. The van der Waals surface area contributed by atoms with Crippen molar-refractivity contribution in [2.45, 2.75) is 148 Å². The van der Waals surface area contributed by atoms with Crippen LogP contribution in [0.5, 0.6) is 0 Å². The van der Waals surface area contributed by atoms with Gasteiger partial charge in [-0.2, -0.15) is 0 Å². The van der Waals surface area contributed by atoms with Gasteiger partial charge in [-0.1, -0.05) is 27.7 Å². The van der Waals surface area contributed by atoms with E-state index in [9.17, 15) is 19.2 Å². The van der Waals surface area contributed by atoms with Crippen LogP contribution in [-0.2, 0) is 47.6 Å². The topological polar surface area (TPSA) is 160 Å². The van der Waals surface area contributed by atoms with Crippen molar-refractivity contribution < 1.29 is 47.6 Å². The molecule has 44 heavy (non-hydrogen) atoms. The van der Waals surface area contributed by atoms with Gasteiger partial charge < -0.3 is 44.4 Å². The fourth-order valence-corrected chi connectivity index (χ4v) is 5.88. The van der Waals surface area contributed by atoms with Crippen LogP contribution >= 0.6 is 0 Å². The van der Waals surface area contributed by atoms with E-state index < -0.39 is 59.7 Å². The fourth-order valence-electron chi connectivity index (χ4n) is 5.88. The number of carbonyl (C=O) groups excluding carboxylic acids is 4. The van der Waals surface area contributed by atoms with Crippen molar-refractivity contribution in [1.82, 2.24) is 16.0 Å². The highest BCUT2D eigenvalue weighted by molar-refractivity contribution is 5.93. The molecule has 13 heteroatoms. The molecule has 3 aliphatic heterocycles. The summed E-state index contributed by atoms with van der Waals surface area (Å²) < 4.78 is 35.2. The molecule has 0 bridgehead atoms. The van der Waals surface area contributed by atoms with Gasteiger partial charge in [-0.25, -0.2) is 4.79 Å². The van der Waals surface area contributed by atoms with Gasteiger partial charge in [-0.15, -0.1) is 0 Å². The van der Waals surface area contributed by atoms with Gasteiger partial charge in [-0.3, -0.25) is 14.4 Å². The summed E-state index contributed by atoms with van der Waals surface area (Å²) in [5.74, 6) is -3.19. The average molecular weight is 628 g/mol. The van der Waals surface area contributed by atoms with Crippen LogP contribution in [-0.4, -0.2) is 97.6 Å². The monoisotopic (exact) mass is 627 g/mol. The minimum atomic E-state index is -0.904. The first-order valence-electron chi connectivity index (χ1n) is 15.7. The van der Waals surface area contributed by atoms with Crippen LogP contribution in [0.25, 0.3) is 0 Å². The molecule has 0 aromatic carbocycles. The summed E-state index contributed by atoms with van der Waals surface area (Å²) in [6, 6.07) is -2.62. The average Bonchev–Trinajstić information content (AvgIpc) is 3.54. The van der Waals surface area contributed by atoms with Crippen molar-refractivity contribution in [2.75, 3.05) is 13.7 Å². The van der Waals surface area contributed by atoms with E-state index in [1.807, 2.05) is 55.4 Å². The third kappa shape index (κ3) is 9.84. The zero-order valence-electron chi connectivity index (χ0n) is 27.9. The Morgan fingerprint density at radius 3 is 1.93 bits per heavy atom. The lowest BCUT2D eigenvalue weighted by Gasteiger charge is -2.27. The number of amides is 3. The van der Waals surface area contributed by atoms with Crippen LogP contribution in [0.3, 0.4) is 0 Å². The highest BCUT2D eigenvalue weighted by atomic mass is 16.8. The molecule has 0 unspecified atom stereocenters. The van der Waals surface area contributed by atoms with Gasteiger partial charge in [0.2, 0.25) is 17.7 Å². The Hall–Kier alpha value is -2.32. The molecule has 3 amide bonds. The number of esters is 1. The number of fused-ring (bicyclic) bond motifs is 1. The van der Waals surface area contributed by atoms with Crippen LogP contribution in [0.15, 0.2) is 0 Å². The molecule has 13 nitrogen and oxygen atoms in total. The highest BCUT2D eigenvalue weighted by Crippen LogP contribution is 2.43. The molecule has 252 valence electrons. The standard InChI is InChI=1S/C31H53N3O10/c1-16(2)13-19(28(37)34-20(14-17(3)4)29(38)39-10)33-27(36)18(5)32-23(35)12-11-21-25-26(44-31(8,9)43-25)24(41-21)22-15-40-30(6,7)42-22/h16-22,24-26H,11-15H2,1-10H3,(H,32,35)(H,33,36)(H,34,37)/t18-,19-,20-,21+,22+,24+,25+,26-/m0/s1. The summed E-state index contributed by atoms with van der Waals surface area (Å²) in [5, 5.41) is 8.19. The smallest absolute Gasteiger partial charge is 0.328 e. The maximum atomic E-state index is 13.1. The summed E-state index contributed by atoms with van der Waals surface area (Å²) in [6.07, 6.45) is -0.729. The van der Waals surface area contributed by atoms with Gasteiger partial charge in [0.1, 0.15) is 42.5 Å². The Labute approximate surface area is 261 Å². The van der Waals surface area contributed by atoms with Crippen LogP contribution < -0.4 is 16.0 Å². The van der Waals surface area contributed by atoms with Gasteiger partial charge in [0, 0.05) is 6.42 Å². The Balaban J connectivity index is 1.55. The third-order valence-corrected chi connectivity index (χ3v) is 7.86. The van der Waals surface area contributed by atoms with Crippen LogP contribution in [0.2, 0.25) is 0 Å². The number of rotatable bonds is 14. The second-order valence-electron chi connectivity index (χ2n) is 13.8. The Kier molecular flexibility index (Phi) is 12.2. The molecule has 3 saturated heterocycles. The van der Waals surface area contributed by atoms with E-state index in [4.69, 9.17) is 28.4 Å². The molecular formula is C31H53N3O10. The molecule has 3 fully saturated rings. The largest absolute Gasteiger partial charge is 0.467 e. The summed E-state index contributed by atoms with van der Waals surface area (Å²) in [6.45, 7) is 17.0. The predicted octanol–water partition coefficient (Wildman–Crippen LogP) is 1.95. The predicted molar refractivity (Wildman–Crippen MR) is 159 cm³/mol. The SMILES string of the molecule is COC(=O)[C@H](CC(C)C)NC(=O)[C@H](CC(C)C)NC(=O)[C@H](C)NC(=O)CC[C@H]1O[C@H]([C@H]2COC(C)(C)O2)[C@@H]2OC(C)(C)O[C@@H]21. The highest BCUT2D eigenvalue weighted by Gasteiger charge is 2.58. The lowest BCUT2D eigenvalue weighted by Crippen LogP contribution is -2.55. The summed E-state index contributed by atoms with van der Waals surface area (Å²) >= 11 is 0. The number of carbonyl (C=O) groups is 4. The van der Waals surface area contributed by atoms with Gasteiger partial charge in [-0.05, 0) is 65.7 Å². The Bertz CT molecular complexity index is 1030. The first-order valence-corrected chi connectivity index (χ1v) is 15.7. The number of ether oxygens (including phenoxy) is 6. The van der Waals surface area contributed by atoms with E-state index in [0.717, 1.165) is 0 Å². The summed E-state index contributed by atoms with van der Waals surface area (Å²) in [7, 11) is 1.27. The van der Waals surface area contributed by atoms with E-state index >= 15 is 0 Å². The first-order chi connectivity index (χ1) is 20.4. The van der Waals surface area contributed by atoms with Crippen LogP contribution in [0.1, 0.15) is 88.0 Å². The van der Waals surface area contributed by atoms with Gasteiger partial charge in [0.25, 0.3) is 0 Å². The van der Waals surface area contributed by atoms with Crippen molar-refractivity contribution in [2.24, 2.45) is 11.8 Å². The number of hydrogen-bond donors (Lipinski definition) is 3. The van der Waals surface area contributed by atoms with E-state index in [2.05, 4.69) is 16.0 Å². The van der Waals surface area contributed by atoms with Gasteiger partial charge >= 0.3 is 5.97 Å². The van der Waals surface area contributed by atoms with Gasteiger partial charge in [0.15, 0.2) is 11.6 Å². The van der Waals surface area contributed by atoms with E-state index in [-0.39, 0.29) is 42.5 Å². The van der Waals surface area contributed by atoms with Crippen LogP contribution in [0.4, 0.5) is 0 Å². The van der Waals surface area contributed by atoms with Crippen molar-refractivity contribution >= 4 is 23.7 Å². The molecule has 0 radical (unpaired) electrons. The first kappa shape index (κ1) is 36.2. The summed E-state index contributed by atoms with van der Waals surface area (Å²) in [5.41, 5.74) is 0. The molecular weight excluding hydrogens is 574 g/mol. The fraction of sp³-hybridized carbons (Fsp3) is 0.871. The molecule has 3 N–H and O–H groups in total. The van der Waals surface area contributed by atoms with Crippen molar-refractivity contribution in [3.8, 4) is 0 Å². The third-order valence-electron chi connectivity index (χ3n) is 7.86. The summed E-state index contributed by atoms with van der Waals surface area (Å²) in [4.78, 5) is 51.4. The van der Waals surface area contributed by atoms with E-state index in [1.54, 1.807) is 6.92 Å². The van der Waals surface area contributed by atoms with Crippen molar-refractivity contribution in [1.29, 1.82) is 0 Å². The molecule has 3 rings (SSSR count). The normalized spacial score (nSPS) is 29.1. The van der Waals surface area contributed by atoms with Crippen molar-refractivity contribution in [3.05, 3.63) is 0 Å². The number of methoxy groups -OCH3 is 1. The molecule has 0 spiro atoms. The Morgan fingerprint density at radius 2 is 1.36 bits per heavy atom. The maximum Gasteiger partial charge on any atom is 0.328 e. The minimum absolute atomic E-state index is 0.0794. The zero-order valence-corrected chi connectivity index (χ0v) is 27.9. The molecule has 3 heterocycles. The molecule has 0 aromatic rings. The van der Waals surface area contributed by atoms with Crippen LogP contribution in [0, 0.1) is 11.8 Å². The number of hydrogen-bond acceptors (Lipinski definition) is 10. The van der Waals surface area contributed by atoms with E-state index in [1.165, 1.54) is 7.11 Å². The molecule has 0 aliphatic carbocycles. The van der Waals surface area contributed by atoms with Crippen molar-refractivity contribution in [3.63, 3.8) is 0 Å². The number of nitrogens with one attached hydrogen (secondary N) is 3. The Morgan fingerprint density at radius 1 is 0.773 bits per heavy atom. The molecule has 0 aromatic heterocycles. The lowest BCUT2D eigenvalue weighted by molar-refractivity contribution is -0.206. The quantitative estimate of drug-likeness (QED) is 0.243.